The molecule has 3 aromatic carbocycles. The minimum atomic E-state index is -4.51. The molecule has 0 aliphatic carbocycles. The van der Waals surface area contributed by atoms with Crippen LogP contribution in [0.25, 0.3) is 0 Å². The summed E-state index contributed by atoms with van der Waals surface area (Å²) >= 11 is 0. The monoisotopic (exact) mass is 598 g/mol. The van der Waals surface area contributed by atoms with Crippen molar-refractivity contribution in [2.24, 2.45) is 0 Å². The molecule has 13 heteroatoms. The van der Waals surface area contributed by atoms with Gasteiger partial charge in [0.25, 0.3) is 0 Å². The van der Waals surface area contributed by atoms with E-state index >= 15 is 0 Å². The second-order valence-electron chi connectivity index (χ2n) is 10.5. The number of rotatable bonds is 5. The van der Waals surface area contributed by atoms with Gasteiger partial charge in [-0.2, -0.15) is 17.5 Å². The first-order chi connectivity index (χ1) is 20.1. The Hall–Kier alpha value is -3.94. The maximum Gasteiger partial charge on any atom is 0.416 e. The molecule has 0 saturated carbocycles. The number of hydrogen-bond donors (Lipinski definition) is 0. The molecule has 220 valence electrons. The van der Waals surface area contributed by atoms with Gasteiger partial charge in [0.2, 0.25) is 10.0 Å². The average Bonchev–Trinajstić information content (AvgIpc) is 3.40. The number of nitrogens with zero attached hydrogens (tertiary/aromatic N) is 6. The highest BCUT2D eigenvalue weighted by Gasteiger charge is 2.34. The standard InChI is InChI=1S/C29H29F3N6O3S/c1-35-12-14-36(15-13-35)24-10-11-28-27(16-24)41-26-9-5-3-7-22(26)18-38(42(28,39)40)20-23-19-37(34-33-23)17-21-6-2-4-8-25(21)29(30,31)32/h2-11,16,19H,12-15,17-18,20H2,1H3. The number of aromatic nitrogens is 3. The van der Waals surface area contributed by atoms with Crippen LogP contribution in [-0.4, -0.2) is 65.8 Å². The number of sulfonamides is 1. The summed E-state index contributed by atoms with van der Waals surface area (Å²) in [7, 11) is -1.99. The number of ether oxygens (including phenoxy) is 1. The molecule has 1 saturated heterocycles. The van der Waals surface area contributed by atoms with E-state index in [4.69, 9.17) is 4.74 Å². The van der Waals surface area contributed by atoms with Crippen molar-refractivity contribution in [1.29, 1.82) is 0 Å². The van der Waals surface area contributed by atoms with E-state index in [0.717, 1.165) is 37.9 Å². The Morgan fingerprint density at radius 1 is 0.905 bits per heavy atom. The molecule has 2 aliphatic heterocycles. The molecule has 0 radical (unpaired) electrons. The lowest BCUT2D eigenvalue weighted by atomic mass is 10.1. The minimum absolute atomic E-state index is 0.0158. The Morgan fingerprint density at radius 3 is 2.43 bits per heavy atom. The molecule has 0 unspecified atom stereocenters. The summed E-state index contributed by atoms with van der Waals surface area (Å²) in [5.74, 6) is 0.776. The molecular weight excluding hydrogens is 569 g/mol. The fourth-order valence-corrected chi connectivity index (χ4v) is 6.72. The van der Waals surface area contributed by atoms with Crippen LogP contribution in [0.15, 0.2) is 77.8 Å². The number of anilines is 1. The zero-order valence-electron chi connectivity index (χ0n) is 22.8. The van der Waals surface area contributed by atoms with Gasteiger partial charge in [-0.25, -0.2) is 13.1 Å². The maximum atomic E-state index is 14.0. The fraction of sp³-hybridized carbons (Fsp3) is 0.310. The first-order valence-corrected chi connectivity index (χ1v) is 14.9. The molecule has 1 fully saturated rings. The molecule has 0 amide bonds. The molecule has 0 atom stereocenters. The SMILES string of the molecule is CN1CCN(c2ccc3c(c2)Oc2ccccc2CN(Cc2cn(Cc4ccccc4C(F)(F)F)nn2)S3(=O)=O)CC1. The zero-order valence-corrected chi connectivity index (χ0v) is 23.6. The number of fused-ring (bicyclic) bond motifs is 2. The average molecular weight is 599 g/mol. The number of benzene rings is 3. The summed E-state index contributed by atoms with van der Waals surface area (Å²) in [6, 6.07) is 17.6. The first kappa shape index (κ1) is 28.2. The zero-order chi connectivity index (χ0) is 29.5. The van der Waals surface area contributed by atoms with Crippen molar-refractivity contribution in [1.82, 2.24) is 24.2 Å². The van der Waals surface area contributed by atoms with Crippen LogP contribution in [0.4, 0.5) is 18.9 Å². The minimum Gasteiger partial charge on any atom is -0.456 e. The number of para-hydroxylation sites is 1. The van der Waals surface area contributed by atoms with Crippen LogP contribution in [0.5, 0.6) is 11.5 Å². The van der Waals surface area contributed by atoms with Crippen molar-refractivity contribution in [3.05, 3.63) is 95.3 Å². The maximum absolute atomic E-state index is 14.0. The lowest BCUT2D eigenvalue weighted by Crippen LogP contribution is -2.44. The molecule has 0 bridgehead atoms. The van der Waals surface area contributed by atoms with Crippen LogP contribution in [0.1, 0.15) is 22.4 Å². The van der Waals surface area contributed by atoms with Gasteiger partial charge in [0, 0.05) is 50.0 Å². The molecular formula is C29H29F3N6O3S. The van der Waals surface area contributed by atoms with Crippen molar-refractivity contribution in [3.8, 4) is 11.5 Å². The van der Waals surface area contributed by atoms with Gasteiger partial charge in [-0.1, -0.05) is 41.6 Å². The number of halogens is 3. The summed E-state index contributed by atoms with van der Waals surface area (Å²) in [4.78, 5) is 4.47. The van der Waals surface area contributed by atoms with E-state index in [0.29, 0.717) is 17.0 Å². The Morgan fingerprint density at radius 2 is 1.64 bits per heavy atom. The number of piperazine rings is 1. The van der Waals surface area contributed by atoms with Crippen LogP contribution in [-0.2, 0) is 35.8 Å². The Labute approximate surface area is 241 Å². The second-order valence-corrected chi connectivity index (χ2v) is 12.4. The Balaban J connectivity index is 1.31. The van der Waals surface area contributed by atoms with E-state index in [1.54, 1.807) is 30.3 Å². The van der Waals surface area contributed by atoms with Crippen LogP contribution >= 0.6 is 0 Å². The first-order valence-electron chi connectivity index (χ1n) is 13.5. The Kier molecular flexibility index (Phi) is 7.41. The van der Waals surface area contributed by atoms with Crippen LogP contribution in [0, 0.1) is 0 Å². The highest BCUT2D eigenvalue weighted by Crippen LogP contribution is 2.39. The van der Waals surface area contributed by atoms with Gasteiger partial charge in [-0.05, 0) is 36.9 Å². The van der Waals surface area contributed by atoms with Crippen molar-refractivity contribution in [2.45, 2.75) is 30.7 Å². The van der Waals surface area contributed by atoms with Crippen molar-refractivity contribution in [2.75, 3.05) is 38.1 Å². The largest absolute Gasteiger partial charge is 0.456 e. The third kappa shape index (κ3) is 5.72. The van der Waals surface area contributed by atoms with E-state index < -0.39 is 21.8 Å². The van der Waals surface area contributed by atoms with E-state index in [9.17, 15) is 21.6 Å². The van der Waals surface area contributed by atoms with Gasteiger partial charge in [0.05, 0.1) is 30.5 Å². The van der Waals surface area contributed by atoms with Gasteiger partial charge in [0.1, 0.15) is 16.4 Å². The van der Waals surface area contributed by atoms with Gasteiger partial charge in [-0.3, -0.25) is 0 Å². The number of hydrogen-bond acceptors (Lipinski definition) is 7. The normalized spacial score (nSPS) is 17.6. The molecule has 0 spiro atoms. The van der Waals surface area contributed by atoms with E-state index in [2.05, 4.69) is 27.2 Å². The van der Waals surface area contributed by atoms with Crippen LogP contribution in [0.3, 0.4) is 0 Å². The quantitative estimate of drug-likeness (QED) is 0.332. The molecule has 42 heavy (non-hydrogen) atoms. The van der Waals surface area contributed by atoms with E-state index in [1.807, 2.05) is 12.1 Å². The van der Waals surface area contributed by atoms with Crippen molar-refractivity contribution in [3.63, 3.8) is 0 Å². The molecule has 0 N–H and O–H groups in total. The van der Waals surface area contributed by atoms with E-state index in [1.165, 1.54) is 33.4 Å². The molecule has 3 heterocycles. The molecule has 2 aliphatic rings. The molecule has 4 aromatic rings. The van der Waals surface area contributed by atoms with Crippen molar-refractivity contribution < 1.29 is 26.3 Å². The molecule has 6 rings (SSSR count). The Bertz CT molecular complexity index is 1700. The van der Waals surface area contributed by atoms with E-state index in [-0.39, 0.29) is 35.8 Å². The summed E-state index contributed by atoms with van der Waals surface area (Å²) in [6.07, 6.45) is -3.03. The van der Waals surface area contributed by atoms with Crippen LogP contribution < -0.4 is 9.64 Å². The third-order valence-electron chi connectivity index (χ3n) is 7.53. The fourth-order valence-electron chi connectivity index (χ4n) is 5.24. The van der Waals surface area contributed by atoms with Crippen molar-refractivity contribution >= 4 is 15.7 Å². The summed E-state index contributed by atoms with van der Waals surface area (Å²) < 4.78 is 77.3. The number of likely N-dealkylation sites (N-methyl/N-ethyl adjacent to an activating group) is 1. The lowest BCUT2D eigenvalue weighted by molar-refractivity contribution is -0.138. The molecule has 1 aromatic heterocycles. The van der Waals surface area contributed by atoms with Gasteiger partial charge < -0.3 is 14.5 Å². The summed E-state index contributed by atoms with van der Waals surface area (Å²) in [5, 5.41) is 8.09. The van der Waals surface area contributed by atoms with Gasteiger partial charge >= 0.3 is 6.18 Å². The highest BCUT2D eigenvalue weighted by atomic mass is 32.2. The predicted octanol–water partition coefficient (Wildman–Crippen LogP) is 4.59. The van der Waals surface area contributed by atoms with Gasteiger partial charge in [0.15, 0.2) is 0 Å². The summed E-state index contributed by atoms with van der Waals surface area (Å²) in [5.41, 5.74) is 1.14. The predicted molar refractivity (Wildman–Crippen MR) is 150 cm³/mol. The van der Waals surface area contributed by atoms with Gasteiger partial charge in [-0.15, -0.1) is 5.10 Å². The topological polar surface area (TPSA) is 83.8 Å². The third-order valence-corrected chi connectivity index (χ3v) is 9.36. The highest BCUT2D eigenvalue weighted by molar-refractivity contribution is 7.89. The second kappa shape index (κ2) is 11.0. The smallest absolute Gasteiger partial charge is 0.416 e. The lowest BCUT2D eigenvalue weighted by Gasteiger charge is -2.34. The number of alkyl halides is 3. The summed E-state index contributed by atoms with van der Waals surface area (Å²) in [6.45, 7) is 3.15. The van der Waals surface area contributed by atoms with Crippen LogP contribution in [0.2, 0.25) is 0 Å². The molecule has 9 nitrogen and oxygen atoms in total.